The quantitative estimate of drug-likeness (QED) is 0.790. The highest BCUT2D eigenvalue weighted by Gasteiger charge is 2.41. The maximum Gasteiger partial charge on any atom is 0.289 e. The van der Waals surface area contributed by atoms with Gasteiger partial charge < -0.3 is 9.80 Å². The molecular weight excluding hydrogens is 336 g/mol. The van der Waals surface area contributed by atoms with Crippen molar-refractivity contribution in [1.82, 2.24) is 9.88 Å². The van der Waals surface area contributed by atoms with Gasteiger partial charge in [-0.25, -0.2) is 0 Å². The van der Waals surface area contributed by atoms with Crippen LogP contribution in [0.15, 0.2) is 60.6 Å². The van der Waals surface area contributed by atoms with E-state index in [-0.39, 0.29) is 17.7 Å². The molecule has 2 aliphatic rings. The van der Waals surface area contributed by atoms with Gasteiger partial charge in [0.05, 0.1) is 11.7 Å². The lowest BCUT2D eigenvalue weighted by molar-refractivity contribution is -0.117. The normalized spacial score (nSPS) is 22.3. The summed E-state index contributed by atoms with van der Waals surface area (Å²) in [6.45, 7) is 0.911. The van der Waals surface area contributed by atoms with Crippen LogP contribution in [0.2, 0.25) is 0 Å². The number of benzene rings is 1. The molecule has 4 rings (SSSR count). The molecule has 1 aromatic heterocycles. The Bertz CT molecular complexity index is 836. The maximum absolute atomic E-state index is 13.8. The van der Waals surface area contributed by atoms with E-state index in [0.717, 1.165) is 23.2 Å². The standard InChI is InChI=1S/C20H19F2N3O/c21-20(22)18-8-7-14-4-1-2-6-17(14)25(18)19-12-24(13-26)11-16(19)15-5-3-9-23-10-15/h1-6,9-10,13,16,19H,7-8,11-12H2. The lowest BCUT2D eigenvalue weighted by Gasteiger charge is -2.39. The summed E-state index contributed by atoms with van der Waals surface area (Å²) in [5, 5.41) is 0. The molecular formula is C20H19F2N3O. The molecule has 26 heavy (non-hydrogen) atoms. The fraction of sp³-hybridized carbons (Fsp3) is 0.300. The summed E-state index contributed by atoms with van der Waals surface area (Å²) < 4.78 is 27.5. The minimum Gasteiger partial charge on any atom is -0.342 e. The van der Waals surface area contributed by atoms with Crippen molar-refractivity contribution in [3.8, 4) is 0 Å². The fourth-order valence-corrected chi connectivity index (χ4v) is 4.13. The van der Waals surface area contributed by atoms with Crippen LogP contribution >= 0.6 is 0 Å². The van der Waals surface area contributed by atoms with Gasteiger partial charge in [0.25, 0.3) is 6.08 Å². The van der Waals surface area contributed by atoms with Crippen LogP contribution in [0.1, 0.15) is 23.5 Å². The predicted octanol–water partition coefficient (Wildman–Crippen LogP) is 3.57. The zero-order chi connectivity index (χ0) is 18.1. The molecule has 6 heteroatoms. The monoisotopic (exact) mass is 355 g/mol. The Morgan fingerprint density at radius 2 is 1.96 bits per heavy atom. The summed E-state index contributed by atoms with van der Waals surface area (Å²) >= 11 is 0. The van der Waals surface area contributed by atoms with Crippen LogP contribution in [0, 0.1) is 0 Å². The van der Waals surface area contributed by atoms with Crippen molar-refractivity contribution >= 4 is 12.1 Å². The van der Waals surface area contributed by atoms with Crippen molar-refractivity contribution in [2.24, 2.45) is 0 Å². The fourth-order valence-electron chi connectivity index (χ4n) is 4.13. The first-order valence-corrected chi connectivity index (χ1v) is 8.69. The van der Waals surface area contributed by atoms with Crippen LogP contribution in [0.4, 0.5) is 14.5 Å². The summed E-state index contributed by atoms with van der Waals surface area (Å²) in [6.07, 6.45) is 3.51. The third-order valence-electron chi connectivity index (χ3n) is 5.30. The number of hydrogen-bond acceptors (Lipinski definition) is 3. The molecule has 1 saturated heterocycles. The second-order valence-electron chi connectivity index (χ2n) is 6.73. The number of pyridine rings is 1. The van der Waals surface area contributed by atoms with Gasteiger partial charge in [-0.05, 0) is 36.1 Å². The van der Waals surface area contributed by atoms with Gasteiger partial charge in [0, 0.05) is 37.1 Å². The smallest absolute Gasteiger partial charge is 0.289 e. The first kappa shape index (κ1) is 16.7. The Labute approximate surface area is 150 Å². The van der Waals surface area contributed by atoms with Gasteiger partial charge in [0.15, 0.2) is 0 Å². The molecule has 3 heterocycles. The number of para-hydroxylation sites is 1. The highest BCUT2D eigenvalue weighted by Crippen LogP contribution is 2.41. The van der Waals surface area contributed by atoms with Gasteiger partial charge in [0.1, 0.15) is 0 Å². The molecule has 0 radical (unpaired) electrons. The highest BCUT2D eigenvalue weighted by molar-refractivity contribution is 5.63. The number of nitrogens with zero attached hydrogens (tertiary/aromatic N) is 3. The van der Waals surface area contributed by atoms with E-state index in [9.17, 15) is 13.6 Å². The lowest BCUT2D eigenvalue weighted by atomic mass is 9.90. The van der Waals surface area contributed by atoms with E-state index in [1.807, 2.05) is 36.4 Å². The molecule has 0 aliphatic carbocycles. The summed E-state index contributed by atoms with van der Waals surface area (Å²) in [5.41, 5.74) is 2.90. The van der Waals surface area contributed by atoms with Crippen molar-refractivity contribution in [2.75, 3.05) is 18.0 Å². The Hall–Kier alpha value is -2.76. The van der Waals surface area contributed by atoms with E-state index < -0.39 is 6.08 Å². The molecule has 1 amide bonds. The third-order valence-corrected chi connectivity index (χ3v) is 5.30. The maximum atomic E-state index is 13.8. The van der Waals surface area contributed by atoms with Crippen LogP contribution < -0.4 is 4.90 Å². The number of aryl methyl sites for hydroxylation is 1. The van der Waals surface area contributed by atoms with Crippen LogP contribution in [0.3, 0.4) is 0 Å². The topological polar surface area (TPSA) is 36.4 Å². The van der Waals surface area contributed by atoms with Gasteiger partial charge in [-0.2, -0.15) is 8.78 Å². The van der Waals surface area contributed by atoms with Crippen LogP contribution in [0.25, 0.3) is 0 Å². The van der Waals surface area contributed by atoms with E-state index in [1.165, 1.54) is 0 Å². The zero-order valence-electron chi connectivity index (χ0n) is 14.2. The molecule has 0 bridgehead atoms. The Morgan fingerprint density at radius 3 is 2.69 bits per heavy atom. The molecule has 1 fully saturated rings. The second kappa shape index (κ2) is 6.86. The molecule has 0 saturated carbocycles. The molecule has 4 nitrogen and oxygen atoms in total. The van der Waals surface area contributed by atoms with E-state index in [2.05, 4.69) is 4.98 Å². The summed E-state index contributed by atoms with van der Waals surface area (Å²) in [4.78, 5) is 19.0. The SMILES string of the molecule is O=CN1CC(c2cccnc2)C(N2C(=C(F)F)CCc3ccccc32)C1. The van der Waals surface area contributed by atoms with Crippen molar-refractivity contribution in [2.45, 2.75) is 24.8 Å². The zero-order valence-corrected chi connectivity index (χ0v) is 14.2. The summed E-state index contributed by atoms with van der Waals surface area (Å²) in [6, 6.07) is 11.2. The van der Waals surface area contributed by atoms with E-state index >= 15 is 0 Å². The largest absolute Gasteiger partial charge is 0.342 e. The molecule has 1 aromatic carbocycles. The van der Waals surface area contributed by atoms with Crippen LogP contribution in [-0.4, -0.2) is 35.4 Å². The first-order chi connectivity index (χ1) is 12.7. The molecule has 134 valence electrons. The number of allylic oxidation sites excluding steroid dienone is 1. The average molecular weight is 355 g/mol. The lowest BCUT2D eigenvalue weighted by Crippen LogP contribution is -2.42. The Balaban J connectivity index is 1.81. The van der Waals surface area contributed by atoms with Crippen molar-refractivity contribution < 1.29 is 13.6 Å². The number of likely N-dealkylation sites (tertiary alicyclic amines) is 1. The van der Waals surface area contributed by atoms with Crippen molar-refractivity contribution in [3.63, 3.8) is 0 Å². The number of carbonyl (C=O) groups is 1. The van der Waals surface area contributed by atoms with Gasteiger partial charge in [-0.3, -0.25) is 9.78 Å². The number of carbonyl (C=O) groups excluding carboxylic acids is 1. The minimum atomic E-state index is -1.64. The highest BCUT2D eigenvalue weighted by atomic mass is 19.3. The Kier molecular flexibility index (Phi) is 4.41. The molecule has 2 aliphatic heterocycles. The predicted molar refractivity (Wildman–Crippen MR) is 94.9 cm³/mol. The van der Waals surface area contributed by atoms with E-state index in [1.54, 1.807) is 22.2 Å². The third kappa shape index (κ3) is 2.85. The van der Waals surface area contributed by atoms with Gasteiger partial charge in [-0.15, -0.1) is 0 Å². The number of amides is 1. The molecule has 2 aromatic rings. The number of halogens is 2. The minimum absolute atomic E-state index is 0.0651. The summed E-state index contributed by atoms with van der Waals surface area (Å²) in [5.74, 6) is -0.0746. The summed E-state index contributed by atoms with van der Waals surface area (Å²) in [7, 11) is 0. The van der Waals surface area contributed by atoms with E-state index in [4.69, 9.17) is 0 Å². The molecule has 2 unspecified atom stereocenters. The number of rotatable bonds is 3. The first-order valence-electron chi connectivity index (χ1n) is 8.69. The number of fused-ring (bicyclic) bond motifs is 1. The van der Waals surface area contributed by atoms with Crippen molar-refractivity contribution in [3.05, 3.63) is 71.7 Å². The molecule has 0 spiro atoms. The van der Waals surface area contributed by atoms with Gasteiger partial charge in [-0.1, -0.05) is 24.3 Å². The number of aromatic nitrogens is 1. The average Bonchev–Trinajstić information content (AvgIpc) is 3.11. The van der Waals surface area contributed by atoms with E-state index in [0.29, 0.717) is 25.9 Å². The molecule has 2 atom stereocenters. The number of anilines is 1. The van der Waals surface area contributed by atoms with Gasteiger partial charge >= 0.3 is 0 Å². The van der Waals surface area contributed by atoms with Crippen molar-refractivity contribution in [1.29, 1.82) is 0 Å². The van der Waals surface area contributed by atoms with Crippen LogP contribution in [-0.2, 0) is 11.2 Å². The van der Waals surface area contributed by atoms with Gasteiger partial charge in [0.2, 0.25) is 6.41 Å². The second-order valence-corrected chi connectivity index (χ2v) is 6.73. The van der Waals surface area contributed by atoms with Crippen LogP contribution in [0.5, 0.6) is 0 Å². The Morgan fingerprint density at radius 1 is 1.12 bits per heavy atom. The number of hydrogen-bond donors (Lipinski definition) is 0. The molecule has 0 N–H and O–H groups in total.